The number of likely N-dealkylation sites (tertiary alicyclic amines) is 1. The van der Waals surface area contributed by atoms with Crippen molar-refractivity contribution in [2.24, 2.45) is 11.8 Å². The van der Waals surface area contributed by atoms with Gasteiger partial charge in [0.1, 0.15) is 11.5 Å². The minimum Gasteiger partial charge on any atom is -0.508 e. The number of nitrogens with zero attached hydrogens (tertiary/aromatic N) is 2. The molecule has 1 aromatic heterocycles. The van der Waals surface area contributed by atoms with Gasteiger partial charge in [0.25, 0.3) is 0 Å². The molecule has 0 bridgehead atoms. The number of aromatic hydroxyl groups is 1. The molecule has 25 heavy (non-hydrogen) atoms. The van der Waals surface area contributed by atoms with Gasteiger partial charge >= 0.3 is 0 Å². The molecule has 130 valence electrons. The Morgan fingerprint density at radius 1 is 1.16 bits per heavy atom. The zero-order valence-corrected chi connectivity index (χ0v) is 14.0. The normalized spacial score (nSPS) is 25.7. The van der Waals surface area contributed by atoms with Crippen LogP contribution in [0.2, 0.25) is 0 Å². The Morgan fingerprint density at radius 3 is 2.52 bits per heavy atom. The minimum atomic E-state index is 0.114. The first-order valence-corrected chi connectivity index (χ1v) is 8.78. The van der Waals surface area contributed by atoms with E-state index in [9.17, 15) is 9.90 Å². The monoisotopic (exact) mass is 338 g/mol. The summed E-state index contributed by atoms with van der Waals surface area (Å²) < 4.78 is 6.04. The Labute approximate surface area is 147 Å². The number of ketones is 1. The molecular formula is C20H22N2O3. The van der Waals surface area contributed by atoms with E-state index in [1.165, 1.54) is 0 Å². The number of aromatic nitrogens is 1. The van der Waals surface area contributed by atoms with Gasteiger partial charge in [0.05, 0.1) is 18.8 Å². The van der Waals surface area contributed by atoms with E-state index in [1.54, 1.807) is 36.7 Å². The van der Waals surface area contributed by atoms with Gasteiger partial charge in [0.15, 0.2) is 5.78 Å². The smallest absolute Gasteiger partial charge is 0.176 e. The highest BCUT2D eigenvalue weighted by Gasteiger charge is 2.42. The Kier molecular flexibility index (Phi) is 4.40. The number of phenols is 1. The maximum atomic E-state index is 12.4. The first kappa shape index (κ1) is 16.1. The fourth-order valence-electron chi connectivity index (χ4n) is 4.12. The highest BCUT2D eigenvalue weighted by molar-refractivity contribution is 5.97. The maximum absolute atomic E-state index is 12.4. The number of phenolic OH excluding ortho intramolecular Hbond substituents is 1. The van der Waals surface area contributed by atoms with Crippen LogP contribution in [0.25, 0.3) is 0 Å². The number of hydrogen-bond acceptors (Lipinski definition) is 5. The number of Topliss-reactive ketones (excluding diaryl/α,β-unsaturated/α-hetero) is 1. The molecule has 2 fully saturated rings. The van der Waals surface area contributed by atoms with Crippen LogP contribution < -0.4 is 4.74 Å². The molecule has 2 heterocycles. The van der Waals surface area contributed by atoms with E-state index in [4.69, 9.17) is 4.74 Å². The molecule has 0 amide bonds. The van der Waals surface area contributed by atoms with Gasteiger partial charge in [-0.25, -0.2) is 0 Å². The van der Waals surface area contributed by atoms with Gasteiger partial charge in [0.2, 0.25) is 0 Å². The van der Waals surface area contributed by atoms with Crippen molar-refractivity contribution in [3.8, 4) is 11.5 Å². The van der Waals surface area contributed by atoms with E-state index in [1.807, 2.05) is 12.1 Å². The van der Waals surface area contributed by atoms with Crippen molar-refractivity contribution in [3.05, 3.63) is 54.4 Å². The molecule has 1 N–H and O–H groups in total. The second-order valence-electron chi connectivity index (χ2n) is 7.08. The summed E-state index contributed by atoms with van der Waals surface area (Å²) in [5.41, 5.74) is 0.660. The van der Waals surface area contributed by atoms with E-state index in [0.717, 1.165) is 31.7 Å². The van der Waals surface area contributed by atoms with Gasteiger partial charge in [-0.05, 0) is 61.1 Å². The van der Waals surface area contributed by atoms with Crippen LogP contribution in [0.5, 0.6) is 11.5 Å². The summed E-state index contributed by atoms with van der Waals surface area (Å²) in [6.45, 7) is 2.37. The van der Waals surface area contributed by atoms with Gasteiger partial charge in [-0.3, -0.25) is 14.7 Å². The third-order valence-corrected chi connectivity index (χ3v) is 5.28. The lowest BCUT2D eigenvalue weighted by molar-refractivity contribution is 0.0936. The lowest BCUT2D eigenvalue weighted by Gasteiger charge is -2.19. The molecule has 1 aliphatic heterocycles. The molecular weight excluding hydrogens is 316 g/mol. The molecule has 3 atom stereocenters. The van der Waals surface area contributed by atoms with Crippen molar-refractivity contribution in [2.75, 3.05) is 19.6 Å². The molecule has 5 heteroatoms. The topological polar surface area (TPSA) is 62.7 Å². The van der Waals surface area contributed by atoms with Gasteiger partial charge in [-0.15, -0.1) is 0 Å². The molecule has 1 saturated heterocycles. The lowest BCUT2D eigenvalue weighted by atomic mass is 10.0. The van der Waals surface area contributed by atoms with Crippen LogP contribution in [-0.2, 0) is 0 Å². The molecule has 2 aromatic rings. The Balaban J connectivity index is 1.29. The van der Waals surface area contributed by atoms with E-state index in [-0.39, 0.29) is 17.6 Å². The van der Waals surface area contributed by atoms with Crippen LogP contribution in [0.15, 0.2) is 48.8 Å². The molecule has 1 aliphatic carbocycles. The number of ether oxygens (including phenoxy) is 1. The predicted molar refractivity (Wildman–Crippen MR) is 93.7 cm³/mol. The summed E-state index contributed by atoms with van der Waals surface area (Å²) in [6.07, 6.45) is 5.86. The fraction of sp³-hybridized carbons (Fsp3) is 0.400. The van der Waals surface area contributed by atoms with Gasteiger partial charge in [-0.1, -0.05) is 0 Å². The summed E-state index contributed by atoms with van der Waals surface area (Å²) >= 11 is 0. The van der Waals surface area contributed by atoms with Crippen LogP contribution in [0.3, 0.4) is 0 Å². The van der Waals surface area contributed by atoms with Crippen molar-refractivity contribution in [2.45, 2.75) is 18.9 Å². The van der Waals surface area contributed by atoms with Crippen molar-refractivity contribution in [3.63, 3.8) is 0 Å². The Hall–Kier alpha value is -2.40. The fourth-order valence-corrected chi connectivity index (χ4v) is 4.12. The minimum absolute atomic E-state index is 0.114. The Morgan fingerprint density at radius 2 is 1.88 bits per heavy atom. The highest BCUT2D eigenvalue weighted by Crippen LogP contribution is 2.39. The summed E-state index contributed by atoms with van der Waals surface area (Å²) in [5, 5.41) is 9.32. The zero-order valence-electron chi connectivity index (χ0n) is 14.0. The third-order valence-electron chi connectivity index (χ3n) is 5.28. The first-order chi connectivity index (χ1) is 12.2. The number of pyridine rings is 1. The van der Waals surface area contributed by atoms with Crippen LogP contribution >= 0.6 is 0 Å². The lowest BCUT2D eigenvalue weighted by Crippen LogP contribution is -2.30. The van der Waals surface area contributed by atoms with Gasteiger partial charge in [0, 0.05) is 24.8 Å². The number of carbonyl (C=O) groups excluding carboxylic acids is 1. The van der Waals surface area contributed by atoms with Crippen molar-refractivity contribution < 1.29 is 14.6 Å². The standard InChI is InChI=1S/C20H22N2O3/c23-17-5-3-14(4-6-17)20(24)13-22-11-15-8-19(9-16(15)12-22)25-18-2-1-7-21-10-18/h1-7,10,15-16,19,23H,8-9,11-13H2/t15-,16+,19+. The summed E-state index contributed by atoms with van der Waals surface area (Å²) in [4.78, 5) is 18.7. The molecule has 1 saturated carbocycles. The second kappa shape index (κ2) is 6.84. The molecule has 0 spiro atoms. The average molecular weight is 338 g/mol. The van der Waals surface area contributed by atoms with Crippen molar-refractivity contribution in [1.82, 2.24) is 9.88 Å². The Bertz CT molecular complexity index is 718. The van der Waals surface area contributed by atoms with Gasteiger partial charge < -0.3 is 9.84 Å². The maximum Gasteiger partial charge on any atom is 0.176 e. The van der Waals surface area contributed by atoms with Gasteiger partial charge in [-0.2, -0.15) is 0 Å². The van der Waals surface area contributed by atoms with E-state index >= 15 is 0 Å². The molecule has 0 radical (unpaired) electrons. The first-order valence-electron chi connectivity index (χ1n) is 8.78. The average Bonchev–Trinajstić information content (AvgIpc) is 3.14. The molecule has 0 unspecified atom stereocenters. The number of carbonyl (C=O) groups is 1. The summed E-state index contributed by atoms with van der Waals surface area (Å²) in [5.74, 6) is 2.35. The second-order valence-corrected chi connectivity index (χ2v) is 7.08. The number of rotatable bonds is 5. The van der Waals surface area contributed by atoms with E-state index in [0.29, 0.717) is 23.9 Å². The number of benzene rings is 1. The summed E-state index contributed by atoms with van der Waals surface area (Å²) in [7, 11) is 0. The van der Waals surface area contributed by atoms with Crippen LogP contribution in [-0.4, -0.2) is 46.5 Å². The molecule has 4 rings (SSSR count). The number of hydrogen-bond donors (Lipinski definition) is 1. The summed E-state index contributed by atoms with van der Waals surface area (Å²) in [6, 6.07) is 10.3. The largest absolute Gasteiger partial charge is 0.508 e. The van der Waals surface area contributed by atoms with Crippen molar-refractivity contribution in [1.29, 1.82) is 0 Å². The predicted octanol–water partition coefficient (Wildman–Crippen LogP) is 2.76. The molecule has 5 nitrogen and oxygen atoms in total. The van der Waals surface area contributed by atoms with Crippen molar-refractivity contribution >= 4 is 5.78 Å². The number of fused-ring (bicyclic) bond motifs is 1. The van der Waals surface area contributed by atoms with Crippen LogP contribution in [0.1, 0.15) is 23.2 Å². The molecule has 1 aromatic carbocycles. The van der Waals surface area contributed by atoms with E-state index < -0.39 is 0 Å². The SMILES string of the molecule is O=C(CN1C[C@H]2C[C@H](Oc3cccnc3)C[C@H]2C1)c1ccc(O)cc1. The highest BCUT2D eigenvalue weighted by atomic mass is 16.5. The van der Waals surface area contributed by atoms with Crippen LogP contribution in [0.4, 0.5) is 0 Å². The third kappa shape index (κ3) is 3.66. The quantitative estimate of drug-likeness (QED) is 0.850. The molecule has 2 aliphatic rings. The van der Waals surface area contributed by atoms with Crippen LogP contribution in [0, 0.1) is 11.8 Å². The zero-order chi connectivity index (χ0) is 17.2. The van der Waals surface area contributed by atoms with E-state index in [2.05, 4.69) is 9.88 Å².